The van der Waals surface area contributed by atoms with Crippen molar-refractivity contribution < 1.29 is 23.9 Å². The van der Waals surface area contributed by atoms with Crippen LogP contribution in [0.25, 0.3) is 6.08 Å². The van der Waals surface area contributed by atoms with Gasteiger partial charge < -0.3 is 18.8 Å². The fraction of sp³-hybridized carbons (Fsp3) is 0.263. The third kappa shape index (κ3) is 4.48. The molecule has 9 nitrogen and oxygen atoms in total. The van der Waals surface area contributed by atoms with E-state index in [4.69, 9.17) is 14.2 Å². The topological polar surface area (TPSA) is 117 Å². The van der Waals surface area contributed by atoms with Crippen molar-refractivity contribution in [3.8, 4) is 17.6 Å². The first-order valence-electron chi connectivity index (χ1n) is 8.28. The van der Waals surface area contributed by atoms with Crippen LogP contribution >= 0.6 is 0 Å². The predicted molar refractivity (Wildman–Crippen MR) is 100.0 cm³/mol. The van der Waals surface area contributed by atoms with Gasteiger partial charge in [-0.3, -0.25) is 10.1 Å². The average Bonchev–Trinajstić information content (AvgIpc) is 3.12. The molecule has 0 amide bonds. The Labute approximate surface area is 161 Å². The molecule has 0 fully saturated rings. The van der Waals surface area contributed by atoms with Crippen LogP contribution in [0.5, 0.6) is 11.5 Å². The minimum atomic E-state index is -0.727. The maximum absolute atomic E-state index is 11.8. The summed E-state index contributed by atoms with van der Waals surface area (Å²) in [6, 6.07) is 8.02. The summed E-state index contributed by atoms with van der Waals surface area (Å²) in [6.07, 6.45) is 3.07. The van der Waals surface area contributed by atoms with Crippen LogP contribution in [0.3, 0.4) is 0 Å². The van der Waals surface area contributed by atoms with Crippen molar-refractivity contribution in [3.63, 3.8) is 0 Å². The van der Waals surface area contributed by atoms with Crippen LogP contribution in [0.15, 0.2) is 36.0 Å². The van der Waals surface area contributed by atoms with Gasteiger partial charge in [-0.05, 0) is 31.2 Å². The molecule has 2 aromatic rings. The number of nitriles is 1. The Bertz CT molecular complexity index is 955. The van der Waals surface area contributed by atoms with Gasteiger partial charge in [0.2, 0.25) is 0 Å². The van der Waals surface area contributed by atoms with E-state index in [9.17, 15) is 20.2 Å². The van der Waals surface area contributed by atoms with E-state index in [1.165, 1.54) is 32.4 Å². The number of nitro groups is 1. The number of nitrogens with zero attached hydrogens (tertiary/aromatic N) is 3. The zero-order valence-electron chi connectivity index (χ0n) is 15.7. The Hall–Kier alpha value is -3.80. The number of esters is 1. The highest BCUT2D eigenvalue weighted by Gasteiger charge is 2.20. The number of hydrogen-bond donors (Lipinski definition) is 0. The van der Waals surface area contributed by atoms with Gasteiger partial charge in [0, 0.05) is 11.9 Å². The summed E-state index contributed by atoms with van der Waals surface area (Å²) in [5.74, 6) is -0.119. The number of rotatable bonds is 8. The first-order valence-corrected chi connectivity index (χ1v) is 8.28. The molecule has 2 rings (SSSR count). The molecule has 0 saturated heterocycles. The molecule has 0 radical (unpaired) electrons. The minimum Gasteiger partial charge on any atom is -0.493 e. The molecular weight excluding hydrogens is 366 g/mol. The Kier molecular flexibility index (Phi) is 6.76. The van der Waals surface area contributed by atoms with Crippen molar-refractivity contribution in [1.29, 1.82) is 5.26 Å². The van der Waals surface area contributed by atoms with E-state index in [-0.39, 0.29) is 30.2 Å². The quantitative estimate of drug-likeness (QED) is 0.225. The van der Waals surface area contributed by atoms with E-state index in [1.807, 2.05) is 6.07 Å². The van der Waals surface area contributed by atoms with Crippen LogP contribution in [-0.2, 0) is 16.1 Å². The maximum atomic E-state index is 11.8. The van der Waals surface area contributed by atoms with Gasteiger partial charge in [0.1, 0.15) is 11.6 Å². The first kappa shape index (κ1) is 20.5. The van der Waals surface area contributed by atoms with Gasteiger partial charge in [0.25, 0.3) is 5.69 Å². The number of carbonyl (C=O) groups excluding carboxylic acids is 1. The highest BCUT2D eigenvalue weighted by molar-refractivity contribution is 5.97. The Morgan fingerprint density at radius 1 is 1.32 bits per heavy atom. The Morgan fingerprint density at radius 2 is 2.00 bits per heavy atom. The van der Waals surface area contributed by atoms with Crippen molar-refractivity contribution in [2.45, 2.75) is 13.5 Å². The number of carbonyl (C=O) groups is 1. The summed E-state index contributed by atoms with van der Waals surface area (Å²) in [6.45, 7) is 1.92. The molecule has 0 saturated carbocycles. The van der Waals surface area contributed by atoms with Crippen LogP contribution in [0.1, 0.15) is 18.2 Å². The molecule has 0 atom stereocenters. The van der Waals surface area contributed by atoms with Crippen LogP contribution < -0.4 is 9.47 Å². The zero-order valence-corrected chi connectivity index (χ0v) is 15.7. The lowest BCUT2D eigenvalue weighted by molar-refractivity contribution is -0.385. The SMILES string of the molecule is CCOC(=O)C(C#N)=Cc1cccn1Cc1cc(OC)c(OC)cc1[N+](=O)[O-]. The number of hydrogen-bond acceptors (Lipinski definition) is 7. The first-order chi connectivity index (χ1) is 13.4. The number of ether oxygens (including phenoxy) is 3. The van der Waals surface area contributed by atoms with Crippen LogP contribution in [0, 0.1) is 21.4 Å². The predicted octanol–water partition coefficient (Wildman–Crippen LogP) is 2.93. The van der Waals surface area contributed by atoms with Crippen molar-refractivity contribution in [1.82, 2.24) is 4.57 Å². The number of nitro benzene ring substituents is 1. The van der Waals surface area contributed by atoms with E-state index in [0.29, 0.717) is 17.0 Å². The summed E-state index contributed by atoms with van der Waals surface area (Å²) < 4.78 is 16.9. The molecule has 1 aromatic heterocycles. The minimum absolute atomic E-state index is 0.122. The molecule has 0 spiro atoms. The highest BCUT2D eigenvalue weighted by atomic mass is 16.6. The van der Waals surface area contributed by atoms with Gasteiger partial charge in [-0.25, -0.2) is 4.79 Å². The average molecular weight is 385 g/mol. The fourth-order valence-corrected chi connectivity index (χ4v) is 2.59. The summed E-state index contributed by atoms with van der Waals surface area (Å²) in [7, 11) is 2.84. The lowest BCUT2D eigenvalue weighted by Crippen LogP contribution is -2.08. The largest absolute Gasteiger partial charge is 0.493 e. The molecule has 0 N–H and O–H groups in total. The standard InChI is InChI=1S/C19H19N3O6/c1-4-28-19(23)13(11-20)8-15-6-5-7-21(15)12-14-9-17(26-2)18(27-3)10-16(14)22(24)25/h5-10H,4,12H2,1-3H3. The van der Waals surface area contributed by atoms with Crippen LogP contribution in [0.2, 0.25) is 0 Å². The maximum Gasteiger partial charge on any atom is 0.348 e. The summed E-state index contributed by atoms with van der Waals surface area (Å²) in [5.41, 5.74) is 0.604. The van der Waals surface area contributed by atoms with E-state index >= 15 is 0 Å². The number of methoxy groups -OCH3 is 2. The second-order valence-corrected chi connectivity index (χ2v) is 5.54. The molecule has 0 aliphatic rings. The van der Waals surface area contributed by atoms with E-state index < -0.39 is 10.9 Å². The van der Waals surface area contributed by atoms with Gasteiger partial charge in [-0.1, -0.05) is 0 Å². The third-order valence-electron chi connectivity index (χ3n) is 3.89. The van der Waals surface area contributed by atoms with Gasteiger partial charge >= 0.3 is 5.97 Å². The van der Waals surface area contributed by atoms with Crippen molar-refractivity contribution in [2.75, 3.05) is 20.8 Å². The van der Waals surface area contributed by atoms with Crippen LogP contribution in [-0.4, -0.2) is 36.3 Å². The zero-order chi connectivity index (χ0) is 20.7. The molecule has 0 aliphatic heterocycles. The van der Waals surface area contributed by atoms with Gasteiger partial charge in [-0.15, -0.1) is 0 Å². The fourth-order valence-electron chi connectivity index (χ4n) is 2.59. The number of aromatic nitrogens is 1. The van der Waals surface area contributed by atoms with Gasteiger partial charge in [0.05, 0.1) is 43.9 Å². The van der Waals surface area contributed by atoms with E-state index in [0.717, 1.165) is 0 Å². The molecule has 1 heterocycles. The number of benzene rings is 1. The molecule has 9 heteroatoms. The van der Waals surface area contributed by atoms with E-state index in [2.05, 4.69) is 0 Å². The van der Waals surface area contributed by atoms with Gasteiger partial charge in [0.15, 0.2) is 11.5 Å². The molecule has 0 unspecified atom stereocenters. The van der Waals surface area contributed by atoms with E-state index in [1.54, 1.807) is 29.8 Å². The van der Waals surface area contributed by atoms with Crippen molar-refractivity contribution >= 4 is 17.7 Å². The summed E-state index contributed by atoms with van der Waals surface area (Å²) in [5, 5.41) is 20.7. The normalized spacial score (nSPS) is 10.9. The molecule has 146 valence electrons. The monoisotopic (exact) mass is 385 g/mol. The lowest BCUT2D eigenvalue weighted by Gasteiger charge is -2.12. The van der Waals surface area contributed by atoms with Gasteiger partial charge in [-0.2, -0.15) is 5.26 Å². The molecule has 1 aromatic carbocycles. The Morgan fingerprint density at radius 3 is 2.57 bits per heavy atom. The lowest BCUT2D eigenvalue weighted by atomic mass is 10.1. The smallest absolute Gasteiger partial charge is 0.348 e. The summed E-state index contributed by atoms with van der Waals surface area (Å²) in [4.78, 5) is 22.8. The summed E-state index contributed by atoms with van der Waals surface area (Å²) >= 11 is 0. The molecule has 0 aliphatic carbocycles. The molecule has 0 bridgehead atoms. The van der Waals surface area contributed by atoms with Crippen molar-refractivity contribution in [3.05, 3.63) is 57.4 Å². The second kappa shape index (κ2) is 9.23. The van der Waals surface area contributed by atoms with Crippen LogP contribution in [0.4, 0.5) is 5.69 Å². The molecule has 28 heavy (non-hydrogen) atoms. The Balaban J connectivity index is 2.46. The molecular formula is C19H19N3O6. The second-order valence-electron chi connectivity index (χ2n) is 5.54. The third-order valence-corrected chi connectivity index (χ3v) is 3.89. The highest BCUT2D eigenvalue weighted by Crippen LogP contribution is 2.35. The van der Waals surface area contributed by atoms with Crippen molar-refractivity contribution in [2.24, 2.45) is 0 Å².